The number of hydrogen-bond donors (Lipinski definition) is 2. The number of amides is 1. The summed E-state index contributed by atoms with van der Waals surface area (Å²) in [5.41, 5.74) is 5.29. The molecule has 0 saturated carbocycles. The Hall–Kier alpha value is -2.55. The van der Waals surface area contributed by atoms with Gasteiger partial charge in [-0.15, -0.1) is 0 Å². The highest BCUT2D eigenvalue weighted by molar-refractivity contribution is 5.94. The van der Waals surface area contributed by atoms with Crippen molar-refractivity contribution in [3.63, 3.8) is 0 Å². The Balaban J connectivity index is 0.00000132. The van der Waals surface area contributed by atoms with Crippen LogP contribution >= 0.6 is 0 Å². The van der Waals surface area contributed by atoms with Crippen molar-refractivity contribution >= 4 is 16.8 Å². The summed E-state index contributed by atoms with van der Waals surface area (Å²) in [5, 5.41) is 4.18. The van der Waals surface area contributed by atoms with E-state index in [0.29, 0.717) is 12.1 Å². The van der Waals surface area contributed by atoms with Crippen molar-refractivity contribution in [2.45, 2.75) is 20.4 Å². The molecule has 0 bridgehead atoms. The summed E-state index contributed by atoms with van der Waals surface area (Å²) >= 11 is 0. The fraction of sp³-hybridized carbons (Fsp3) is 0.167. The first-order valence-corrected chi connectivity index (χ1v) is 7.06. The lowest BCUT2D eigenvalue weighted by Crippen LogP contribution is -2.23. The molecule has 0 radical (unpaired) electrons. The Bertz CT molecular complexity index is 797. The third kappa shape index (κ3) is 2.68. The van der Waals surface area contributed by atoms with Gasteiger partial charge in [-0.05, 0) is 43.7 Å². The van der Waals surface area contributed by atoms with Gasteiger partial charge in [0, 0.05) is 25.0 Å². The van der Waals surface area contributed by atoms with Gasteiger partial charge in [-0.1, -0.05) is 29.8 Å². The maximum atomic E-state index is 12.1. The third-order valence-corrected chi connectivity index (χ3v) is 3.78. The standard InChI is InChI=1S/C18H18N2O.2H2/c1-12-8-9-16-15(10-12)13(2)17(20-16)11-19-18(21)14-6-4-3-5-7-14;;/h3-10,20H,11H2,1-2H3,(H,19,21);2*1H. The van der Waals surface area contributed by atoms with Crippen molar-refractivity contribution < 1.29 is 7.65 Å². The zero-order chi connectivity index (χ0) is 14.8. The van der Waals surface area contributed by atoms with Crippen LogP contribution in [0.3, 0.4) is 0 Å². The number of aromatic amines is 1. The number of aromatic nitrogens is 1. The topological polar surface area (TPSA) is 44.9 Å². The second-order valence-electron chi connectivity index (χ2n) is 5.33. The Morgan fingerprint density at radius 1 is 1.14 bits per heavy atom. The van der Waals surface area contributed by atoms with Gasteiger partial charge in [-0.25, -0.2) is 0 Å². The van der Waals surface area contributed by atoms with Gasteiger partial charge in [-0.2, -0.15) is 0 Å². The first-order chi connectivity index (χ1) is 10.1. The molecule has 1 aromatic heterocycles. The number of hydrogen-bond acceptors (Lipinski definition) is 1. The monoisotopic (exact) mass is 282 g/mol. The fourth-order valence-electron chi connectivity index (χ4n) is 2.53. The van der Waals surface area contributed by atoms with Crippen molar-refractivity contribution in [3.05, 3.63) is 70.9 Å². The predicted molar refractivity (Wildman–Crippen MR) is 89.6 cm³/mol. The largest absolute Gasteiger partial charge is 0.357 e. The zero-order valence-corrected chi connectivity index (χ0v) is 12.2. The van der Waals surface area contributed by atoms with E-state index in [1.54, 1.807) is 0 Å². The average Bonchev–Trinajstić information content (AvgIpc) is 2.82. The number of nitrogens with one attached hydrogen (secondary N) is 2. The highest BCUT2D eigenvalue weighted by Gasteiger charge is 2.09. The molecule has 0 spiro atoms. The molecule has 2 N–H and O–H groups in total. The summed E-state index contributed by atoms with van der Waals surface area (Å²) in [7, 11) is 0. The van der Waals surface area contributed by atoms with Crippen LogP contribution in [-0.2, 0) is 6.54 Å². The number of benzene rings is 2. The van der Waals surface area contributed by atoms with Gasteiger partial charge >= 0.3 is 0 Å². The van der Waals surface area contributed by atoms with Crippen LogP contribution in [0.1, 0.15) is 30.0 Å². The van der Waals surface area contributed by atoms with Gasteiger partial charge in [0.15, 0.2) is 0 Å². The van der Waals surface area contributed by atoms with Gasteiger partial charge in [0.2, 0.25) is 0 Å². The van der Waals surface area contributed by atoms with E-state index in [0.717, 1.165) is 11.2 Å². The molecule has 1 heterocycles. The van der Waals surface area contributed by atoms with E-state index in [1.165, 1.54) is 16.5 Å². The van der Waals surface area contributed by atoms with E-state index in [2.05, 4.69) is 42.3 Å². The molecular weight excluding hydrogens is 260 g/mol. The second kappa shape index (κ2) is 5.44. The van der Waals surface area contributed by atoms with Crippen LogP contribution in [0.15, 0.2) is 48.5 Å². The van der Waals surface area contributed by atoms with Gasteiger partial charge in [-0.3, -0.25) is 4.79 Å². The number of carbonyl (C=O) groups is 1. The highest BCUT2D eigenvalue weighted by Crippen LogP contribution is 2.22. The molecule has 0 aliphatic heterocycles. The molecule has 0 aliphatic carbocycles. The molecule has 0 fully saturated rings. The van der Waals surface area contributed by atoms with Crippen molar-refractivity contribution in [2.75, 3.05) is 0 Å². The minimum Gasteiger partial charge on any atom is -0.357 e. The second-order valence-corrected chi connectivity index (χ2v) is 5.33. The van der Waals surface area contributed by atoms with Crippen molar-refractivity contribution in [1.29, 1.82) is 0 Å². The lowest BCUT2D eigenvalue weighted by molar-refractivity contribution is 0.0950. The van der Waals surface area contributed by atoms with Crippen LogP contribution in [0, 0.1) is 13.8 Å². The molecule has 21 heavy (non-hydrogen) atoms. The highest BCUT2D eigenvalue weighted by atomic mass is 16.1. The van der Waals surface area contributed by atoms with E-state index in [9.17, 15) is 4.79 Å². The quantitative estimate of drug-likeness (QED) is 0.742. The smallest absolute Gasteiger partial charge is 0.251 e. The number of carbonyl (C=O) groups excluding carboxylic acids is 1. The van der Waals surface area contributed by atoms with Crippen LogP contribution in [0.4, 0.5) is 0 Å². The Kier molecular flexibility index (Phi) is 3.48. The number of rotatable bonds is 3. The molecular formula is C18H22N2O. The lowest BCUT2D eigenvalue weighted by Gasteiger charge is -2.04. The van der Waals surface area contributed by atoms with E-state index >= 15 is 0 Å². The minimum absolute atomic E-state index is 0. The zero-order valence-electron chi connectivity index (χ0n) is 12.2. The lowest BCUT2D eigenvalue weighted by atomic mass is 10.1. The molecule has 3 heteroatoms. The normalized spacial score (nSPS) is 10.8. The number of fused-ring (bicyclic) bond motifs is 1. The first kappa shape index (κ1) is 13.4. The summed E-state index contributed by atoms with van der Waals surface area (Å²) in [6.45, 7) is 4.68. The predicted octanol–water partition coefficient (Wildman–Crippen LogP) is 4.21. The van der Waals surface area contributed by atoms with E-state index < -0.39 is 0 Å². The Labute approximate surface area is 127 Å². The molecule has 2 aromatic carbocycles. The molecule has 3 aromatic rings. The van der Waals surface area contributed by atoms with Crippen LogP contribution in [0.2, 0.25) is 0 Å². The summed E-state index contributed by atoms with van der Waals surface area (Å²) in [5.74, 6) is -0.0511. The summed E-state index contributed by atoms with van der Waals surface area (Å²) in [6, 6.07) is 15.6. The van der Waals surface area contributed by atoms with E-state index in [4.69, 9.17) is 0 Å². The number of aryl methyl sites for hydroxylation is 2. The summed E-state index contributed by atoms with van der Waals surface area (Å²) in [6.07, 6.45) is 0. The average molecular weight is 282 g/mol. The first-order valence-electron chi connectivity index (χ1n) is 7.06. The Morgan fingerprint density at radius 2 is 1.90 bits per heavy atom. The molecule has 3 nitrogen and oxygen atoms in total. The van der Waals surface area contributed by atoms with Gasteiger partial charge in [0.1, 0.15) is 0 Å². The molecule has 0 atom stereocenters. The van der Waals surface area contributed by atoms with Crippen molar-refractivity contribution in [3.8, 4) is 0 Å². The molecule has 1 amide bonds. The van der Waals surface area contributed by atoms with Crippen molar-refractivity contribution in [2.24, 2.45) is 0 Å². The van der Waals surface area contributed by atoms with Crippen LogP contribution < -0.4 is 5.32 Å². The van der Waals surface area contributed by atoms with Gasteiger partial charge < -0.3 is 10.3 Å². The maximum Gasteiger partial charge on any atom is 0.251 e. The van der Waals surface area contributed by atoms with Crippen LogP contribution in [0.25, 0.3) is 10.9 Å². The Morgan fingerprint density at radius 3 is 2.67 bits per heavy atom. The number of H-pyrrole nitrogens is 1. The fourth-order valence-corrected chi connectivity index (χ4v) is 2.53. The molecule has 0 unspecified atom stereocenters. The van der Waals surface area contributed by atoms with Gasteiger partial charge in [0.25, 0.3) is 5.91 Å². The van der Waals surface area contributed by atoms with Gasteiger partial charge in [0.05, 0.1) is 6.54 Å². The van der Waals surface area contributed by atoms with Crippen LogP contribution in [0.5, 0.6) is 0 Å². The molecule has 110 valence electrons. The van der Waals surface area contributed by atoms with E-state index in [-0.39, 0.29) is 8.76 Å². The van der Waals surface area contributed by atoms with E-state index in [1.807, 2.05) is 30.3 Å². The molecule has 3 rings (SSSR count). The van der Waals surface area contributed by atoms with Crippen molar-refractivity contribution in [1.82, 2.24) is 10.3 Å². The summed E-state index contributed by atoms with van der Waals surface area (Å²) in [4.78, 5) is 15.5. The maximum absolute atomic E-state index is 12.1. The van der Waals surface area contributed by atoms with Crippen LogP contribution in [-0.4, -0.2) is 10.9 Å². The minimum atomic E-state index is -0.0511. The molecule has 0 aliphatic rings. The third-order valence-electron chi connectivity index (χ3n) is 3.78. The SMILES string of the molecule is Cc1ccc2[nH]c(CNC(=O)c3ccccc3)c(C)c2c1.[HH].[HH]. The summed E-state index contributed by atoms with van der Waals surface area (Å²) < 4.78 is 0. The molecule has 0 saturated heterocycles.